The number of ether oxygens (including phenoxy) is 2. The number of carbonyl (C=O) groups excluding carboxylic acids is 2. The van der Waals surface area contributed by atoms with Gasteiger partial charge in [0.05, 0.1) is 6.54 Å². The maximum atomic E-state index is 12.3. The van der Waals surface area contributed by atoms with E-state index in [1.54, 1.807) is 24.1 Å². The molecule has 2 amide bonds. The van der Waals surface area contributed by atoms with Crippen molar-refractivity contribution in [2.45, 2.75) is 6.54 Å². The lowest BCUT2D eigenvalue weighted by molar-refractivity contribution is -0.131. The Kier molecular flexibility index (Phi) is 5.18. The zero-order valence-electron chi connectivity index (χ0n) is 14.0. The Balaban J connectivity index is 1.55. The van der Waals surface area contributed by atoms with Crippen molar-refractivity contribution in [3.05, 3.63) is 59.7 Å². The number of likely N-dealkylation sites (N-methyl/N-ethyl adjacent to an activating group) is 1. The number of fused-ring (bicyclic) bond motifs is 1. The number of para-hydroxylation sites is 1. The van der Waals surface area contributed by atoms with Gasteiger partial charge in [0, 0.05) is 24.7 Å². The number of nitrogens with zero attached hydrogens (tertiary/aromatic N) is 1. The molecule has 1 heterocycles. The van der Waals surface area contributed by atoms with E-state index >= 15 is 0 Å². The van der Waals surface area contributed by atoms with Crippen molar-refractivity contribution in [3.63, 3.8) is 0 Å². The average Bonchev–Trinajstić information content (AvgIpc) is 2.78. The molecule has 2 aromatic rings. The van der Waals surface area contributed by atoms with Gasteiger partial charge in [-0.3, -0.25) is 9.59 Å². The third-order valence-electron chi connectivity index (χ3n) is 3.91. The summed E-state index contributed by atoms with van der Waals surface area (Å²) in [4.78, 5) is 25.6. The standard InChI is InChI=1S/C19H20N2O4/c1-21-12-15-8-7-14(11-17(15)25-13-18(21)22)19(23)20-9-10-24-16-5-3-2-4-6-16/h2-8,11H,9-10,12-13H2,1H3,(H,20,23). The van der Waals surface area contributed by atoms with Crippen LogP contribution < -0.4 is 14.8 Å². The molecule has 0 radical (unpaired) electrons. The van der Waals surface area contributed by atoms with E-state index < -0.39 is 0 Å². The fourth-order valence-electron chi connectivity index (χ4n) is 2.51. The Morgan fingerprint density at radius 2 is 2.04 bits per heavy atom. The maximum absolute atomic E-state index is 12.3. The third-order valence-corrected chi connectivity index (χ3v) is 3.91. The Morgan fingerprint density at radius 3 is 2.84 bits per heavy atom. The van der Waals surface area contributed by atoms with E-state index in [-0.39, 0.29) is 18.4 Å². The molecule has 0 spiro atoms. The molecule has 1 N–H and O–H groups in total. The molecular formula is C19H20N2O4. The van der Waals surface area contributed by atoms with Gasteiger partial charge < -0.3 is 19.7 Å². The summed E-state index contributed by atoms with van der Waals surface area (Å²) in [6, 6.07) is 14.7. The Hall–Kier alpha value is -3.02. The fraction of sp³-hybridized carbons (Fsp3) is 0.263. The predicted octanol–water partition coefficient (Wildman–Crippen LogP) is 1.85. The molecule has 0 aromatic heterocycles. The first-order chi connectivity index (χ1) is 12.1. The molecule has 1 aliphatic rings. The largest absolute Gasteiger partial charge is 0.492 e. The summed E-state index contributed by atoms with van der Waals surface area (Å²) in [5.74, 6) is 1.06. The van der Waals surface area contributed by atoms with Gasteiger partial charge in [0.2, 0.25) is 0 Å². The van der Waals surface area contributed by atoms with E-state index in [1.807, 2.05) is 36.4 Å². The lowest BCUT2D eigenvalue weighted by atomic mass is 10.1. The summed E-state index contributed by atoms with van der Waals surface area (Å²) in [7, 11) is 1.73. The van der Waals surface area contributed by atoms with Crippen molar-refractivity contribution in [2.24, 2.45) is 0 Å². The predicted molar refractivity (Wildman–Crippen MR) is 92.7 cm³/mol. The van der Waals surface area contributed by atoms with E-state index in [1.165, 1.54) is 0 Å². The van der Waals surface area contributed by atoms with Crippen LogP contribution >= 0.6 is 0 Å². The number of nitrogens with one attached hydrogen (secondary N) is 1. The zero-order valence-corrected chi connectivity index (χ0v) is 14.0. The van der Waals surface area contributed by atoms with Crippen LogP contribution in [0.15, 0.2) is 48.5 Å². The van der Waals surface area contributed by atoms with Gasteiger partial charge in [-0.2, -0.15) is 0 Å². The molecule has 0 fully saturated rings. The molecular weight excluding hydrogens is 320 g/mol. The number of amides is 2. The normalized spacial score (nSPS) is 13.5. The second-order valence-electron chi connectivity index (χ2n) is 5.78. The van der Waals surface area contributed by atoms with Crippen LogP contribution in [0, 0.1) is 0 Å². The first-order valence-electron chi connectivity index (χ1n) is 8.09. The maximum Gasteiger partial charge on any atom is 0.260 e. The van der Waals surface area contributed by atoms with Gasteiger partial charge >= 0.3 is 0 Å². The Labute approximate surface area is 146 Å². The highest BCUT2D eigenvalue weighted by Gasteiger charge is 2.19. The molecule has 0 unspecified atom stereocenters. The summed E-state index contributed by atoms with van der Waals surface area (Å²) in [5, 5.41) is 2.81. The second kappa shape index (κ2) is 7.70. The van der Waals surface area contributed by atoms with Gasteiger partial charge in [0.15, 0.2) is 6.61 Å². The number of benzene rings is 2. The minimum Gasteiger partial charge on any atom is -0.492 e. The van der Waals surface area contributed by atoms with Gasteiger partial charge in [0.1, 0.15) is 18.1 Å². The molecule has 2 aromatic carbocycles. The van der Waals surface area contributed by atoms with Crippen LogP contribution in [0.2, 0.25) is 0 Å². The third kappa shape index (κ3) is 4.29. The molecule has 0 atom stereocenters. The molecule has 130 valence electrons. The topological polar surface area (TPSA) is 67.9 Å². The van der Waals surface area contributed by atoms with Crippen molar-refractivity contribution in [1.82, 2.24) is 10.2 Å². The van der Waals surface area contributed by atoms with E-state index in [9.17, 15) is 9.59 Å². The van der Waals surface area contributed by atoms with Gasteiger partial charge in [-0.25, -0.2) is 0 Å². The van der Waals surface area contributed by atoms with Crippen LogP contribution in [0.1, 0.15) is 15.9 Å². The van der Waals surface area contributed by atoms with Gasteiger partial charge in [0.25, 0.3) is 11.8 Å². The van der Waals surface area contributed by atoms with E-state index in [0.29, 0.717) is 31.0 Å². The lowest BCUT2D eigenvalue weighted by Crippen LogP contribution is -2.28. The molecule has 25 heavy (non-hydrogen) atoms. The van der Waals surface area contributed by atoms with Crippen LogP contribution in [0.4, 0.5) is 0 Å². The number of hydrogen-bond acceptors (Lipinski definition) is 4. The van der Waals surface area contributed by atoms with Crippen molar-refractivity contribution in [3.8, 4) is 11.5 Å². The Bertz CT molecular complexity index is 761. The van der Waals surface area contributed by atoms with Crippen molar-refractivity contribution >= 4 is 11.8 Å². The van der Waals surface area contributed by atoms with Crippen LogP contribution in [0.5, 0.6) is 11.5 Å². The Morgan fingerprint density at radius 1 is 1.24 bits per heavy atom. The fourth-order valence-corrected chi connectivity index (χ4v) is 2.51. The monoisotopic (exact) mass is 340 g/mol. The zero-order chi connectivity index (χ0) is 17.6. The number of carbonyl (C=O) groups is 2. The van der Waals surface area contributed by atoms with E-state index in [4.69, 9.17) is 9.47 Å². The van der Waals surface area contributed by atoms with Gasteiger partial charge in [-0.05, 0) is 24.3 Å². The number of rotatable bonds is 5. The van der Waals surface area contributed by atoms with Crippen molar-refractivity contribution < 1.29 is 19.1 Å². The smallest absolute Gasteiger partial charge is 0.260 e. The number of hydrogen-bond donors (Lipinski definition) is 1. The minimum absolute atomic E-state index is 0.0144. The van der Waals surface area contributed by atoms with E-state index in [0.717, 1.165) is 11.3 Å². The molecule has 0 saturated heterocycles. The molecule has 6 heteroatoms. The summed E-state index contributed by atoms with van der Waals surface area (Å²) >= 11 is 0. The van der Waals surface area contributed by atoms with Gasteiger partial charge in [-0.1, -0.05) is 24.3 Å². The highest BCUT2D eigenvalue weighted by Crippen LogP contribution is 2.24. The quantitative estimate of drug-likeness (QED) is 0.844. The highest BCUT2D eigenvalue weighted by atomic mass is 16.5. The lowest BCUT2D eigenvalue weighted by Gasteiger charge is -2.13. The first-order valence-corrected chi connectivity index (χ1v) is 8.09. The van der Waals surface area contributed by atoms with Crippen molar-refractivity contribution in [2.75, 3.05) is 26.8 Å². The molecule has 0 aliphatic carbocycles. The molecule has 3 rings (SSSR count). The van der Waals surface area contributed by atoms with Gasteiger partial charge in [-0.15, -0.1) is 0 Å². The SMILES string of the molecule is CN1Cc2ccc(C(=O)NCCOc3ccccc3)cc2OCC1=O. The summed E-state index contributed by atoms with van der Waals surface area (Å²) < 4.78 is 11.1. The minimum atomic E-state index is -0.202. The summed E-state index contributed by atoms with van der Waals surface area (Å²) in [6.45, 7) is 1.24. The average molecular weight is 340 g/mol. The van der Waals surface area contributed by atoms with Crippen LogP contribution in [-0.4, -0.2) is 43.5 Å². The van der Waals surface area contributed by atoms with Crippen LogP contribution in [0.3, 0.4) is 0 Å². The van der Waals surface area contributed by atoms with E-state index in [2.05, 4.69) is 5.32 Å². The van der Waals surface area contributed by atoms with Crippen LogP contribution in [0.25, 0.3) is 0 Å². The summed E-state index contributed by atoms with van der Waals surface area (Å²) in [6.07, 6.45) is 0. The second-order valence-corrected chi connectivity index (χ2v) is 5.78. The molecule has 0 bridgehead atoms. The van der Waals surface area contributed by atoms with Crippen LogP contribution in [-0.2, 0) is 11.3 Å². The first kappa shape index (κ1) is 16.8. The summed E-state index contributed by atoms with van der Waals surface area (Å²) in [5.41, 5.74) is 1.38. The van der Waals surface area contributed by atoms with Crippen molar-refractivity contribution in [1.29, 1.82) is 0 Å². The molecule has 0 saturated carbocycles. The molecule has 6 nitrogen and oxygen atoms in total. The highest BCUT2D eigenvalue weighted by molar-refractivity contribution is 5.94. The molecule has 1 aliphatic heterocycles.